The number of hydrogen-bond donors (Lipinski definition) is 2. The molecule has 0 aromatic heterocycles. The molecule has 1 amide bonds. The second-order valence-electron chi connectivity index (χ2n) is 5.89. The molecule has 1 aliphatic heterocycles. The van der Waals surface area contributed by atoms with Gasteiger partial charge in [-0.3, -0.25) is 4.79 Å². The molecule has 0 spiro atoms. The van der Waals surface area contributed by atoms with Gasteiger partial charge in [-0.2, -0.15) is 0 Å². The van der Waals surface area contributed by atoms with E-state index < -0.39 is 25.8 Å². The molecule has 0 saturated carbocycles. The zero-order valence-corrected chi connectivity index (χ0v) is 14.6. The number of nitrogens with one attached hydrogen (secondary N) is 2. The Morgan fingerprint density at radius 3 is 2.30 bits per heavy atom. The van der Waals surface area contributed by atoms with Crippen molar-refractivity contribution < 1.29 is 21.6 Å². The van der Waals surface area contributed by atoms with Gasteiger partial charge < -0.3 is 5.32 Å². The zero-order valence-electron chi connectivity index (χ0n) is 12.9. The van der Waals surface area contributed by atoms with Gasteiger partial charge >= 0.3 is 0 Å². The van der Waals surface area contributed by atoms with Gasteiger partial charge in [0, 0.05) is 11.7 Å². The lowest BCUT2D eigenvalue weighted by atomic mass is 10.1. The summed E-state index contributed by atoms with van der Waals surface area (Å²) in [5, 5.41) is 2.62. The van der Waals surface area contributed by atoms with Crippen molar-refractivity contribution in [1.82, 2.24) is 4.72 Å². The number of hydrogen-bond acceptors (Lipinski definition) is 5. The van der Waals surface area contributed by atoms with E-state index in [4.69, 9.17) is 0 Å². The van der Waals surface area contributed by atoms with E-state index in [1.54, 1.807) is 13.8 Å². The minimum Gasteiger partial charge on any atom is -0.326 e. The molecule has 2 N–H and O–H groups in total. The number of amides is 1. The fourth-order valence-corrected chi connectivity index (χ4v) is 5.33. The quantitative estimate of drug-likeness (QED) is 0.805. The summed E-state index contributed by atoms with van der Waals surface area (Å²) in [5.74, 6) is -1.01. The topological polar surface area (TPSA) is 109 Å². The van der Waals surface area contributed by atoms with Gasteiger partial charge in [0.25, 0.3) is 0 Å². The van der Waals surface area contributed by atoms with Crippen LogP contribution in [0.25, 0.3) is 0 Å². The van der Waals surface area contributed by atoms with Crippen LogP contribution in [0.5, 0.6) is 0 Å². The number of carbonyl (C=O) groups is 1. The van der Waals surface area contributed by atoms with Crippen molar-refractivity contribution in [3.05, 3.63) is 24.3 Å². The molecule has 0 bridgehead atoms. The number of anilines is 1. The van der Waals surface area contributed by atoms with Gasteiger partial charge in [-0.15, -0.1) is 0 Å². The van der Waals surface area contributed by atoms with Crippen molar-refractivity contribution in [3.8, 4) is 0 Å². The maximum Gasteiger partial charge on any atom is 0.240 e. The first kappa shape index (κ1) is 17.9. The minimum absolute atomic E-state index is 0.0309. The molecule has 9 heteroatoms. The summed E-state index contributed by atoms with van der Waals surface area (Å²) in [6, 6.07) is 5.54. The van der Waals surface area contributed by atoms with Gasteiger partial charge in [0.15, 0.2) is 9.84 Å². The monoisotopic (exact) mass is 360 g/mol. The lowest BCUT2D eigenvalue weighted by Crippen LogP contribution is -2.30. The molecule has 2 rings (SSSR count). The Labute approximate surface area is 136 Å². The van der Waals surface area contributed by atoms with Crippen LogP contribution < -0.4 is 10.0 Å². The van der Waals surface area contributed by atoms with E-state index in [0.29, 0.717) is 12.1 Å². The van der Waals surface area contributed by atoms with Gasteiger partial charge in [0.05, 0.1) is 22.3 Å². The third-order valence-corrected chi connectivity index (χ3v) is 6.87. The second kappa shape index (κ2) is 6.58. The van der Waals surface area contributed by atoms with Crippen molar-refractivity contribution in [2.24, 2.45) is 5.92 Å². The Bertz CT molecular complexity index is 783. The average Bonchev–Trinajstić information content (AvgIpc) is 2.78. The smallest absolute Gasteiger partial charge is 0.240 e. The number of sulfone groups is 1. The highest BCUT2D eigenvalue weighted by molar-refractivity contribution is 7.91. The summed E-state index contributed by atoms with van der Waals surface area (Å²) in [6.07, 6.45) is 0.318. The van der Waals surface area contributed by atoms with Crippen LogP contribution in [-0.4, -0.2) is 40.3 Å². The summed E-state index contributed by atoms with van der Waals surface area (Å²) in [5.41, 5.74) is 0.433. The van der Waals surface area contributed by atoms with Crippen LogP contribution in [0.1, 0.15) is 20.3 Å². The maximum absolute atomic E-state index is 12.0. The van der Waals surface area contributed by atoms with Gasteiger partial charge in [0.1, 0.15) is 0 Å². The van der Waals surface area contributed by atoms with Crippen LogP contribution in [0.3, 0.4) is 0 Å². The second-order valence-corrected chi connectivity index (χ2v) is 9.83. The van der Waals surface area contributed by atoms with Crippen LogP contribution in [0, 0.1) is 5.92 Å². The Morgan fingerprint density at radius 2 is 1.83 bits per heavy atom. The number of sulfonamides is 1. The van der Waals surface area contributed by atoms with E-state index in [0.717, 1.165) is 0 Å². The van der Waals surface area contributed by atoms with Gasteiger partial charge in [-0.25, -0.2) is 21.6 Å². The summed E-state index contributed by atoms with van der Waals surface area (Å²) in [7, 11) is -6.70. The molecule has 23 heavy (non-hydrogen) atoms. The van der Waals surface area contributed by atoms with Gasteiger partial charge in [0.2, 0.25) is 15.9 Å². The Balaban J connectivity index is 2.05. The van der Waals surface area contributed by atoms with E-state index in [1.165, 1.54) is 24.3 Å². The third kappa shape index (κ3) is 4.76. The maximum atomic E-state index is 12.0. The lowest BCUT2D eigenvalue weighted by molar-refractivity contribution is -0.119. The molecule has 0 radical (unpaired) electrons. The predicted molar refractivity (Wildman–Crippen MR) is 87.3 cm³/mol. The standard InChI is InChI=1S/C14H20N2O5S2/c1-10(2)16-23(20,21)13-5-3-12(4-6-13)15-14(17)11-7-8-22(18,19)9-11/h3-6,10-11,16H,7-9H2,1-2H3,(H,15,17)/t11-/m1/s1. The van der Waals surface area contributed by atoms with Crippen molar-refractivity contribution in [2.45, 2.75) is 31.2 Å². The normalized spacial score (nSPS) is 20.6. The molecule has 1 atom stereocenters. The summed E-state index contributed by atoms with van der Waals surface area (Å²) >= 11 is 0. The highest BCUT2D eigenvalue weighted by Gasteiger charge is 2.32. The molecular weight excluding hydrogens is 340 g/mol. The fraction of sp³-hybridized carbons (Fsp3) is 0.500. The SMILES string of the molecule is CC(C)NS(=O)(=O)c1ccc(NC(=O)[C@@H]2CCS(=O)(=O)C2)cc1. The van der Waals surface area contributed by atoms with Gasteiger partial charge in [-0.05, 0) is 44.5 Å². The van der Waals surface area contributed by atoms with E-state index in [2.05, 4.69) is 10.0 Å². The van der Waals surface area contributed by atoms with Crippen LogP contribution in [0.4, 0.5) is 5.69 Å². The molecule has 128 valence electrons. The van der Waals surface area contributed by atoms with Crippen LogP contribution >= 0.6 is 0 Å². The molecule has 1 aromatic rings. The Kier molecular flexibility index (Phi) is 5.12. The molecule has 1 saturated heterocycles. The van der Waals surface area contributed by atoms with E-state index in [-0.39, 0.29) is 28.4 Å². The first-order valence-electron chi connectivity index (χ1n) is 7.23. The highest BCUT2D eigenvalue weighted by atomic mass is 32.2. The van der Waals surface area contributed by atoms with Crippen molar-refractivity contribution in [3.63, 3.8) is 0 Å². The molecule has 1 aromatic carbocycles. The average molecular weight is 360 g/mol. The molecule has 1 fully saturated rings. The van der Waals surface area contributed by atoms with Crippen LogP contribution in [0.2, 0.25) is 0 Å². The summed E-state index contributed by atoms with van der Waals surface area (Å²) in [4.78, 5) is 12.1. The Morgan fingerprint density at radius 1 is 1.22 bits per heavy atom. The van der Waals surface area contributed by atoms with E-state index in [1.807, 2.05) is 0 Å². The van der Waals surface area contributed by atoms with E-state index in [9.17, 15) is 21.6 Å². The fourth-order valence-electron chi connectivity index (χ4n) is 2.34. The summed E-state index contributed by atoms with van der Waals surface area (Å²) in [6.45, 7) is 3.45. The molecule has 1 heterocycles. The predicted octanol–water partition coefficient (Wildman–Crippen LogP) is 0.746. The van der Waals surface area contributed by atoms with E-state index >= 15 is 0 Å². The third-order valence-electron chi connectivity index (χ3n) is 3.43. The van der Waals surface area contributed by atoms with Crippen molar-refractivity contribution >= 4 is 31.5 Å². The van der Waals surface area contributed by atoms with Gasteiger partial charge in [-0.1, -0.05) is 0 Å². The zero-order chi connectivity index (χ0) is 17.3. The first-order valence-corrected chi connectivity index (χ1v) is 10.5. The van der Waals surface area contributed by atoms with Crippen LogP contribution in [0.15, 0.2) is 29.2 Å². The van der Waals surface area contributed by atoms with Crippen molar-refractivity contribution in [1.29, 1.82) is 0 Å². The number of carbonyl (C=O) groups excluding carboxylic acids is 1. The molecule has 0 aliphatic carbocycles. The summed E-state index contributed by atoms with van der Waals surface area (Å²) < 4.78 is 49.2. The lowest BCUT2D eigenvalue weighted by Gasteiger charge is -2.12. The molecule has 1 aliphatic rings. The number of benzene rings is 1. The first-order chi connectivity index (χ1) is 10.6. The highest BCUT2D eigenvalue weighted by Crippen LogP contribution is 2.21. The number of rotatable bonds is 5. The molecule has 7 nitrogen and oxygen atoms in total. The molecular formula is C14H20N2O5S2. The minimum atomic E-state index is -3.58. The largest absolute Gasteiger partial charge is 0.326 e. The van der Waals surface area contributed by atoms with Crippen molar-refractivity contribution in [2.75, 3.05) is 16.8 Å². The Hall–Kier alpha value is -1.45. The van der Waals surface area contributed by atoms with Crippen LogP contribution in [-0.2, 0) is 24.7 Å². The molecule has 0 unspecified atom stereocenters.